The molecule has 1 heterocycles. The molecule has 9 heteroatoms. The lowest BCUT2D eigenvalue weighted by Gasteiger charge is -2.17. The Bertz CT molecular complexity index is 889. The summed E-state index contributed by atoms with van der Waals surface area (Å²) in [4.78, 5) is 25.7. The van der Waals surface area contributed by atoms with Crippen molar-refractivity contribution in [3.63, 3.8) is 0 Å². The second-order valence-corrected chi connectivity index (χ2v) is 7.41. The van der Waals surface area contributed by atoms with Gasteiger partial charge in [-0.15, -0.1) is 0 Å². The molecule has 0 aliphatic carbocycles. The molecule has 0 unspecified atom stereocenters. The smallest absolute Gasteiger partial charge is 0.350 e. The fraction of sp³-hybridized carbons (Fsp3) is 0.222. The maximum atomic E-state index is 12.6. The van der Waals surface area contributed by atoms with Crippen molar-refractivity contribution in [3.8, 4) is 0 Å². The van der Waals surface area contributed by atoms with Gasteiger partial charge in [-0.2, -0.15) is 13.2 Å². The van der Waals surface area contributed by atoms with Gasteiger partial charge in [-0.3, -0.25) is 9.59 Å². The number of halogens is 4. The van der Waals surface area contributed by atoms with Crippen LogP contribution >= 0.6 is 23.4 Å². The highest BCUT2D eigenvalue weighted by molar-refractivity contribution is 8.00. The Morgan fingerprint density at radius 3 is 2.70 bits per heavy atom. The molecule has 3 rings (SSSR count). The zero-order valence-corrected chi connectivity index (χ0v) is 15.4. The lowest BCUT2D eigenvalue weighted by atomic mass is 10.2. The SMILES string of the molecule is O=C(CN1C(=O)Cc2cc(Cl)ccc21)NCc1ccccc1SC(F)(F)F. The van der Waals surface area contributed by atoms with E-state index >= 15 is 0 Å². The van der Waals surface area contributed by atoms with E-state index in [0.29, 0.717) is 16.3 Å². The first-order valence-corrected chi connectivity index (χ1v) is 9.11. The van der Waals surface area contributed by atoms with Gasteiger partial charge in [-0.25, -0.2) is 0 Å². The van der Waals surface area contributed by atoms with E-state index in [1.807, 2.05) is 0 Å². The van der Waals surface area contributed by atoms with Gasteiger partial charge < -0.3 is 10.2 Å². The van der Waals surface area contributed by atoms with Gasteiger partial charge in [-0.1, -0.05) is 29.8 Å². The van der Waals surface area contributed by atoms with Crippen molar-refractivity contribution in [2.24, 2.45) is 0 Å². The van der Waals surface area contributed by atoms with Crippen molar-refractivity contribution in [1.82, 2.24) is 5.32 Å². The second kappa shape index (κ2) is 7.82. The van der Waals surface area contributed by atoms with Crippen LogP contribution in [0.5, 0.6) is 0 Å². The number of amides is 2. The quantitative estimate of drug-likeness (QED) is 0.747. The third kappa shape index (κ3) is 4.95. The van der Waals surface area contributed by atoms with E-state index in [0.717, 1.165) is 5.56 Å². The molecule has 1 aliphatic rings. The number of fused-ring (bicyclic) bond motifs is 1. The van der Waals surface area contributed by atoms with Crippen LogP contribution in [0.1, 0.15) is 11.1 Å². The molecule has 27 heavy (non-hydrogen) atoms. The van der Waals surface area contributed by atoms with Crippen molar-refractivity contribution in [3.05, 3.63) is 58.6 Å². The van der Waals surface area contributed by atoms with E-state index in [9.17, 15) is 22.8 Å². The zero-order chi connectivity index (χ0) is 19.6. The lowest BCUT2D eigenvalue weighted by Crippen LogP contribution is -2.38. The van der Waals surface area contributed by atoms with E-state index in [-0.39, 0.29) is 42.1 Å². The van der Waals surface area contributed by atoms with Crippen molar-refractivity contribution in [2.45, 2.75) is 23.4 Å². The topological polar surface area (TPSA) is 49.4 Å². The van der Waals surface area contributed by atoms with Crippen LogP contribution in [-0.4, -0.2) is 23.9 Å². The molecular formula is C18H14ClF3N2O2S. The van der Waals surface area contributed by atoms with E-state index in [1.165, 1.54) is 23.1 Å². The molecule has 2 aromatic rings. The van der Waals surface area contributed by atoms with Gasteiger partial charge >= 0.3 is 5.51 Å². The minimum atomic E-state index is -4.41. The molecule has 0 aromatic heterocycles. The molecule has 142 valence electrons. The van der Waals surface area contributed by atoms with Crippen molar-refractivity contribution < 1.29 is 22.8 Å². The van der Waals surface area contributed by atoms with E-state index in [1.54, 1.807) is 24.3 Å². The van der Waals surface area contributed by atoms with Gasteiger partial charge in [0.25, 0.3) is 0 Å². The molecule has 2 aromatic carbocycles. The summed E-state index contributed by atoms with van der Waals surface area (Å²) in [6.45, 7) is -0.268. The first-order chi connectivity index (χ1) is 12.7. The number of carbonyl (C=O) groups excluding carboxylic acids is 2. The summed E-state index contributed by atoms with van der Waals surface area (Å²) in [5, 5.41) is 3.08. The number of nitrogens with one attached hydrogen (secondary N) is 1. The van der Waals surface area contributed by atoms with E-state index in [2.05, 4.69) is 5.32 Å². The number of carbonyl (C=O) groups is 2. The summed E-state index contributed by atoms with van der Waals surface area (Å²) in [6.07, 6.45) is 0.161. The number of hydrogen-bond donors (Lipinski definition) is 1. The Labute approximate surface area is 162 Å². The van der Waals surface area contributed by atoms with Crippen LogP contribution in [0.25, 0.3) is 0 Å². The minimum absolute atomic E-state index is 0.0301. The maximum absolute atomic E-state index is 12.6. The van der Waals surface area contributed by atoms with Crippen LogP contribution in [0, 0.1) is 0 Å². The van der Waals surface area contributed by atoms with Crippen LogP contribution in [0.3, 0.4) is 0 Å². The molecule has 1 aliphatic heterocycles. The first-order valence-electron chi connectivity index (χ1n) is 7.92. The molecule has 2 amide bonds. The Balaban J connectivity index is 1.64. The van der Waals surface area contributed by atoms with Crippen LogP contribution in [0.15, 0.2) is 47.4 Å². The van der Waals surface area contributed by atoms with Gasteiger partial charge in [0, 0.05) is 22.2 Å². The number of hydrogen-bond acceptors (Lipinski definition) is 3. The predicted octanol–water partition coefficient (Wildman–Crippen LogP) is 4.16. The molecule has 0 fully saturated rings. The summed E-state index contributed by atoms with van der Waals surface area (Å²) in [5.41, 5.74) is -2.69. The number of rotatable bonds is 5. The molecule has 4 nitrogen and oxygen atoms in total. The van der Waals surface area contributed by atoms with Gasteiger partial charge in [-0.05, 0) is 47.2 Å². The highest BCUT2D eigenvalue weighted by atomic mass is 35.5. The molecule has 0 atom stereocenters. The van der Waals surface area contributed by atoms with Crippen molar-refractivity contribution in [1.29, 1.82) is 0 Å². The normalized spacial score (nSPS) is 13.6. The fourth-order valence-corrected chi connectivity index (χ4v) is 3.65. The Hall–Kier alpha value is -2.19. The second-order valence-electron chi connectivity index (χ2n) is 5.86. The van der Waals surface area contributed by atoms with Crippen LogP contribution in [-0.2, 0) is 22.6 Å². The molecular weight excluding hydrogens is 401 g/mol. The van der Waals surface area contributed by atoms with Crippen molar-refractivity contribution >= 4 is 40.9 Å². The molecule has 0 saturated heterocycles. The Kier molecular flexibility index (Phi) is 5.67. The minimum Gasteiger partial charge on any atom is -0.350 e. The van der Waals surface area contributed by atoms with E-state index < -0.39 is 11.4 Å². The number of thioether (sulfide) groups is 1. The highest BCUT2D eigenvalue weighted by Crippen LogP contribution is 2.38. The molecule has 0 radical (unpaired) electrons. The van der Waals surface area contributed by atoms with Gasteiger partial charge in [0.15, 0.2) is 0 Å². The Morgan fingerprint density at radius 1 is 1.22 bits per heavy atom. The average molecular weight is 415 g/mol. The Morgan fingerprint density at radius 2 is 1.96 bits per heavy atom. The monoisotopic (exact) mass is 414 g/mol. The summed E-state index contributed by atoms with van der Waals surface area (Å²) >= 11 is 5.69. The van der Waals surface area contributed by atoms with Crippen LogP contribution in [0.2, 0.25) is 5.02 Å². The number of nitrogens with zero attached hydrogens (tertiary/aromatic N) is 1. The summed E-state index contributed by atoms with van der Waals surface area (Å²) < 4.78 is 37.9. The average Bonchev–Trinajstić information content (AvgIpc) is 2.87. The molecule has 0 spiro atoms. The fourth-order valence-electron chi connectivity index (χ4n) is 2.79. The third-order valence-electron chi connectivity index (χ3n) is 3.95. The first kappa shape index (κ1) is 19.6. The maximum Gasteiger partial charge on any atom is 0.446 e. The van der Waals surface area contributed by atoms with Crippen molar-refractivity contribution in [2.75, 3.05) is 11.4 Å². The zero-order valence-electron chi connectivity index (χ0n) is 13.8. The van der Waals surface area contributed by atoms with Gasteiger partial charge in [0.05, 0.1) is 6.42 Å². The van der Waals surface area contributed by atoms with Gasteiger partial charge in [0.1, 0.15) is 6.54 Å². The lowest BCUT2D eigenvalue weighted by molar-refractivity contribution is -0.123. The summed E-state index contributed by atoms with van der Waals surface area (Å²) in [7, 11) is 0. The summed E-state index contributed by atoms with van der Waals surface area (Å²) in [5.74, 6) is -0.687. The molecule has 0 saturated carbocycles. The number of anilines is 1. The third-order valence-corrected chi connectivity index (χ3v) is 5.04. The largest absolute Gasteiger partial charge is 0.446 e. The van der Waals surface area contributed by atoms with Crippen LogP contribution < -0.4 is 10.2 Å². The standard InChI is InChI=1S/C18H14ClF3N2O2S/c19-13-5-6-14-12(7-13)8-17(26)24(14)10-16(25)23-9-11-3-1-2-4-15(11)27-18(20,21)22/h1-7H,8-10H2,(H,23,25). The highest BCUT2D eigenvalue weighted by Gasteiger charge is 2.31. The molecule has 0 bridgehead atoms. The van der Waals surface area contributed by atoms with Gasteiger partial charge in [0.2, 0.25) is 11.8 Å². The number of benzene rings is 2. The predicted molar refractivity (Wildman–Crippen MR) is 97.7 cm³/mol. The van der Waals surface area contributed by atoms with Crippen LogP contribution in [0.4, 0.5) is 18.9 Å². The van der Waals surface area contributed by atoms with E-state index in [4.69, 9.17) is 11.6 Å². The molecule has 1 N–H and O–H groups in total. The number of alkyl halides is 3. The summed E-state index contributed by atoms with van der Waals surface area (Å²) in [6, 6.07) is 11.0.